The lowest BCUT2D eigenvalue weighted by molar-refractivity contribution is -0.115. The Balaban J connectivity index is 1.35. The number of anilines is 1. The van der Waals surface area contributed by atoms with Gasteiger partial charge in [-0.25, -0.2) is 9.36 Å². The lowest BCUT2D eigenvalue weighted by Gasteiger charge is -2.07. The van der Waals surface area contributed by atoms with Gasteiger partial charge in [-0.05, 0) is 40.9 Å². The Morgan fingerprint density at radius 2 is 2.00 bits per heavy atom. The molecule has 3 heterocycles. The van der Waals surface area contributed by atoms with Gasteiger partial charge in [-0.1, -0.05) is 36.0 Å². The van der Waals surface area contributed by atoms with E-state index in [9.17, 15) is 9.59 Å². The average Bonchev–Trinajstić information content (AvgIpc) is 3.51. The number of hydrogen-bond acceptors (Lipinski definition) is 7. The number of nitrogens with one attached hydrogen (secondary N) is 1. The van der Waals surface area contributed by atoms with Gasteiger partial charge in [0.25, 0.3) is 5.56 Å². The van der Waals surface area contributed by atoms with Crippen LogP contribution in [-0.4, -0.2) is 41.2 Å². The summed E-state index contributed by atoms with van der Waals surface area (Å²) < 4.78 is 5.04. The van der Waals surface area contributed by atoms with Crippen molar-refractivity contribution < 1.29 is 4.79 Å². The van der Waals surface area contributed by atoms with Crippen molar-refractivity contribution in [1.29, 1.82) is 0 Å². The van der Waals surface area contributed by atoms with E-state index in [0.717, 1.165) is 12.1 Å². The van der Waals surface area contributed by atoms with Crippen LogP contribution >= 0.6 is 23.1 Å². The summed E-state index contributed by atoms with van der Waals surface area (Å²) in [5.74, 6) is 0.283. The highest BCUT2D eigenvalue weighted by atomic mass is 32.2. The predicted molar refractivity (Wildman–Crippen MR) is 126 cm³/mol. The maximum atomic E-state index is 12.9. The zero-order chi connectivity index (χ0) is 22.5. The van der Waals surface area contributed by atoms with Gasteiger partial charge in [0.2, 0.25) is 11.1 Å². The first kappa shape index (κ1) is 22.0. The van der Waals surface area contributed by atoms with Crippen molar-refractivity contribution >= 4 is 34.7 Å². The summed E-state index contributed by atoms with van der Waals surface area (Å²) in [7, 11) is 1.80. The fraction of sp³-hybridized carbons (Fsp3) is 0.286. The summed E-state index contributed by atoms with van der Waals surface area (Å²) in [5, 5.41) is 17.4. The zero-order valence-electron chi connectivity index (χ0n) is 17.8. The van der Waals surface area contributed by atoms with Crippen LogP contribution in [0.15, 0.2) is 57.8 Å². The molecule has 0 saturated carbocycles. The Bertz CT molecular complexity index is 1240. The third-order valence-electron chi connectivity index (χ3n) is 5.03. The van der Waals surface area contributed by atoms with Crippen LogP contribution < -0.4 is 10.9 Å². The monoisotopic (exact) mass is 469 g/mol. The molecule has 4 aromatic rings. The Morgan fingerprint density at radius 1 is 1.19 bits per heavy atom. The van der Waals surface area contributed by atoms with Gasteiger partial charge in [0.05, 0.1) is 17.9 Å². The second kappa shape index (κ2) is 9.96. The molecule has 32 heavy (non-hydrogen) atoms. The van der Waals surface area contributed by atoms with Crippen LogP contribution in [0.2, 0.25) is 0 Å². The first-order valence-corrected chi connectivity index (χ1v) is 12.0. The van der Waals surface area contributed by atoms with E-state index in [2.05, 4.69) is 26.9 Å². The minimum atomic E-state index is -0.255. The Morgan fingerprint density at radius 3 is 2.75 bits per heavy atom. The van der Waals surface area contributed by atoms with Gasteiger partial charge in [0.15, 0.2) is 0 Å². The zero-order valence-corrected chi connectivity index (χ0v) is 19.4. The van der Waals surface area contributed by atoms with Crippen molar-refractivity contribution in [2.75, 3.05) is 11.1 Å². The normalized spacial score (nSPS) is 11.1. The first-order chi connectivity index (χ1) is 15.5. The maximum Gasteiger partial charge on any atom is 0.295 e. The Hall–Kier alpha value is -3.18. The van der Waals surface area contributed by atoms with Crippen LogP contribution in [0.1, 0.15) is 17.0 Å². The van der Waals surface area contributed by atoms with Gasteiger partial charge in [-0.3, -0.25) is 14.3 Å². The number of rotatable bonds is 9. The summed E-state index contributed by atoms with van der Waals surface area (Å²) in [6, 6.07) is 13.4. The van der Waals surface area contributed by atoms with Crippen molar-refractivity contribution in [3.05, 3.63) is 68.8 Å². The number of tetrazole rings is 1. The highest BCUT2D eigenvalue weighted by molar-refractivity contribution is 7.99. The van der Waals surface area contributed by atoms with E-state index in [1.165, 1.54) is 16.6 Å². The molecular formula is C21H23N7O2S2. The molecule has 0 unspecified atom stereocenters. The van der Waals surface area contributed by atoms with Crippen molar-refractivity contribution in [1.82, 2.24) is 29.6 Å². The third kappa shape index (κ3) is 4.83. The van der Waals surface area contributed by atoms with Crippen LogP contribution in [0.25, 0.3) is 5.69 Å². The van der Waals surface area contributed by atoms with Gasteiger partial charge < -0.3 is 5.32 Å². The Labute approximate surface area is 193 Å². The van der Waals surface area contributed by atoms with Crippen LogP contribution in [-0.2, 0) is 24.8 Å². The van der Waals surface area contributed by atoms with Crippen molar-refractivity contribution in [3.8, 4) is 5.69 Å². The molecule has 0 bridgehead atoms. The molecule has 0 saturated heterocycles. The van der Waals surface area contributed by atoms with Crippen molar-refractivity contribution in [2.24, 2.45) is 7.05 Å². The summed E-state index contributed by atoms with van der Waals surface area (Å²) in [5.41, 5.74) is 1.48. The van der Waals surface area contributed by atoms with E-state index in [0.29, 0.717) is 28.8 Å². The lowest BCUT2D eigenvalue weighted by atomic mass is 10.3. The molecule has 4 rings (SSSR count). The molecule has 1 amide bonds. The number of carbonyl (C=O) groups is 1. The quantitative estimate of drug-likeness (QED) is 0.379. The average molecular weight is 470 g/mol. The van der Waals surface area contributed by atoms with Crippen molar-refractivity contribution in [3.63, 3.8) is 0 Å². The molecule has 0 aliphatic carbocycles. The van der Waals surface area contributed by atoms with Gasteiger partial charge in [0.1, 0.15) is 5.69 Å². The standard InChI is InChI=1S/C21H23N7O2S2/c1-15-19(20(30)28(26(15)2)16-7-4-3-5-8-16)22-18(29)11-14-32-21-23-24-25-27(21)12-10-17-9-6-13-31-17/h3-9,13H,10-12,14H2,1-2H3,(H,22,29). The molecule has 0 aliphatic rings. The number of hydrogen-bond donors (Lipinski definition) is 1. The molecule has 3 aromatic heterocycles. The van der Waals surface area contributed by atoms with Crippen LogP contribution in [0.5, 0.6) is 0 Å². The Kier molecular flexibility index (Phi) is 6.86. The summed E-state index contributed by atoms with van der Waals surface area (Å²) in [4.78, 5) is 26.7. The molecule has 0 radical (unpaired) electrons. The van der Waals surface area contributed by atoms with Gasteiger partial charge in [0, 0.05) is 30.5 Å². The number of aryl methyl sites for hydroxylation is 2. The first-order valence-electron chi connectivity index (χ1n) is 10.1. The number of thioether (sulfide) groups is 1. The number of benzene rings is 1. The molecule has 0 fully saturated rings. The molecule has 0 aliphatic heterocycles. The number of nitrogens with zero attached hydrogens (tertiary/aromatic N) is 6. The van der Waals surface area contributed by atoms with Gasteiger partial charge >= 0.3 is 0 Å². The number of carbonyl (C=O) groups excluding carboxylic acids is 1. The molecule has 11 heteroatoms. The predicted octanol–water partition coefficient (Wildman–Crippen LogP) is 2.90. The number of aromatic nitrogens is 6. The fourth-order valence-electron chi connectivity index (χ4n) is 3.26. The van der Waals surface area contributed by atoms with E-state index >= 15 is 0 Å². The lowest BCUT2D eigenvalue weighted by Crippen LogP contribution is -2.23. The van der Waals surface area contributed by atoms with E-state index < -0.39 is 0 Å². The van der Waals surface area contributed by atoms with Crippen LogP contribution in [0, 0.1) is 6.92 Å². The molecule has 1 aromatic carbocycles. The summed E-state index contributed by atoms with van der Waals surface area (Å²) in [6.45, 7) is 2.50. The minimum absolute atomic E-state index is 0.221. The topological polar surface area (TPSA) is 99.6 Å². The van der Waals surface area contributed by atoms with E-state index in [1.807, 2.05) is 48.7 Å². The number of thiophene rings is 1. The SMILES string of the molecule is Cc1c(NC(=O)CCSc2nnnn2CCc2cccs2)c(=O)n(-c2ccccc2)n1C. The van der Waals surface area contributed by atoms with E-state index in [1.54, 1.807) is 32.4 Å². The highest BCUT2D eigenvalue weighted by Crippen LogP contribution is 2.18. The second-order valence-corrected chi connectivity index (χ2v) is 9.19. The smallest absolute Gasteiger partial charge is 0.295 e. The summed E-state index contributed by atoms with van der Waals surface area (Å²) in [6.07, 6.45) is 1.10. The molecule has 166 valence electrons. The van der Waals surface area contributed by atoms with Crippen molar-refractivity contribution in [2.45, 2.75) is 31.5 Å². The molecule has 0 atom stereocenters. The third-order valence-corrected chi connectivity index (χ3v) is 6.92. The molecule has 9 nitrogen and oxygen atoms in total. The van der Waals surface area contributed by atoms with Gasteiger partial charge in [-0.15, -0.1) is 16.4 Å². The number of para-hydroxylation sites is 1. The molecular weight excluding hydrogens is 446 g/mol. The van der Waals surface area contributed by atoms with E-state index in [-0.39, 0.29) is 17.9 Å². The largest absolute Gasteiger partial charge is 0.320 e. The molecule has 0 spiro atoms. The minimum Gasteiger partial charge on any atom is -0.320 e. The maximum absolute atomic E-state index is 12.9. The number of amides is 1. The van der Waals surface area contributed by atoms with Crippen LogP contribution in [0.3, 0.4) is 0 Å². The fourth-order valence-corrected chi connectivity index (χ4v) is 4.80. The van der Waals surface area contributed by atoms with E-state index in [4.69, 9.17) is 0 Å². The second-order valence-electron chi connectivity index (χ2n) is 7.10. The summed E-state index contributed by atoms with van der Waals surface area (Å²) >= 11 is 3.13. The van der Waals surface area contributed by atoms with Crippen LogP contribution in [0.4, 0.5) is 5.69 Å². The van der Waals surface area contributed by atoms with Gasteiger partial charge in [-0.2, -0.15) is 0 Å². The molecule has 1 N–H and O–H groups in total. The highest BCUT2D eigenvalue weighted by Gasteiger charge is 2.18.